The average Bonchev–Trinajstić information content (AvgIpc) is 2.74. The summed E-state index contributed by atoms with van der Waals surface area (Å²) in [6, 6.07) is 5.30. The molecule has 2 N–H and O–H groups in total. The second kappa shape index (κ2) is 4.99. The summed E-state index contributed by atoms with van der Waals surface area (Å²) in [6.45, 7) is 0. The van der Waals surface area contributed by atoms with Crippen LogP contribution >= 0.6 is 27.5 Å². The van der Waals surface area contributed by atoms with Gasteiger partial charge in [-0.25, -0.2) is 9.78 Å². The molecule has 1 heterocycles. The molecule has 0 saturated heterocycles. The van der Waals surface area contributed by atoms with Crippen LogP contribution in [0.2, 0.25) is 5.02 Å². The number of ether oxygens (including phenoxy) is 1. The molecule has 0 fully saturated rings. The van der Waals surface area contributed by atoms with E-state index in [1.54, 1.807) is 22.8 Å². The van der Waals surface area contributed by atoms with Crippen molar-refractivity contribution in [3.8, 4) is 5.69 Å². The number of halogens is 2. The zero-order valence-corrected chi connectivity index (χ0v) is 11.7. The number of esters is 1. The molecule has 5 nitrogen and oxygen atoms in total. The normalized spacial score (nSPS) is 10.4. The fourth-order valence-electron chi connectivity index (χ4n) is 1.45. The van der Waals surface area contributed by atoms with E-state index in [4.69, 9.17) is 17.3 Å². The van der Waals surface area contributed by atoms with Gasteiger partial charge in [-0.05, 0) is 34.1 Å². The fourth-order valence-corrected chi connectivity index (χ4v) is 1.87. The maximum Gasteiger partial charge on any atom is 0.360 e. The third kappa shape index (κ3) is 2.21. The maximum absolute atomic E-state index is 11.4. The molecule has 2 aromatic rings. The molecular weight excluding hydrogens is 321 g/mol. The van der Waals surface area contributed by atoms with Crippen molar-refractivity contribution in [1.82, 2.24) is 9.55 Å². The zero-order valence-electron chi connectivity index (χ0n) is 9.35. The van der Waals surface area contributed by atoms with Crippen molar-refractivity contribution in [1.29, 1.82) is 0 Å². The number of carbonyl (C=O) groups excluding carboxylic acids is 1. The molecule has 0 atom stereocenters. The molecule has 0 aliphatic rings. The van der Waals surface area contributed by atoms with E-state index in [0.29, 0.717) is 10.7 Å². The summed E-state index contributed by atoms with van der Waals surface area (Å²) in [5.41, 5.74) is 6.64. The van der Waals surface area contributed by atoms with Crippen LogP contribution in [-0.4, -0.2) is 22.6 Å². The van der Waals surface area contributed by atoms with Crippen molar-refractivity contribution < 1.29 is 9.53 Å². The Bertz CT molecular complexity index is 612. The van der Waals surface area contributed by atoms with Gasteiger partial charge in [0.05, 0.1) is 17.8 Å². The molecule has 18 heavy (non-hydrogen) atoms. The van der Waals surface area contributed by atoms with Gasteiger partial charge >= 0.3 is 5.97 Å². The third-order valence-electron chi connectivity index (χ3n) is 2.36. The van der Waals surface area contributed by atoms with Crippen LogP contribution in [0, 0.1) is 0 Å². The second-order valence-electron chi connectivity index (χ2n) is 3.44. The minimum Gasteiger partial charge on any atom is -0.464 e. The van der Waals surface area contributed by atoms with E-state index in [1.807, 2.05) is 0 Å². The number of hydrogen-bond donors (Lipinski definition) is 1. The first-order valence-corrected chi connectivity index (χ1v) is 6.08. The third-order valence-corrected chi connectivity index (χ3v) is 3.60. The second-order valence-corrected chi connectivity index (χ2v) is 4.70. The highest BCUT2D eigenvalue weighted by molar-refractivity contribution is 9.10. The van der Waals surface area contributed by atoms with Gasteiger partial charge in [-0.2, -0.15) is 0 Å². The molecular formula is C11H9BrClN3O2. The summed E-state index contributed by atoms with van der Waals surface area (Å²) in [4.78, 5) is 15.3. The van der Waals surface area contributed by atoms with Crippen molar-refractivity contribution in [3.63, 3.8) is 0 Å². The molecule has 94 valence electrons. The lowest BCUT2D eigenvalue weighted by Crippen LogP contribution is -2.07. The summed E-state index contributed by atoms with van der Waals surface area (Å²) in [7, 11) is 1.28. The number of aromatic nitrogens is 2. The van der Waals surface area contributed by atoms with Gasteiger partial charge in [-0.1, -0.05) is 11.6 Å². The van der Waals surface area contributed by atoms with Crippen LogP contribution in [0.3, 0.4) is 0 Å². The number of benzene rings is 1. The molecule has 1 aromatic carbocycles. The molecule has 0 saturated carbocycles. The number of hydrogen-bond acceptors (Lipinski definition) is 4. The lowest BCUT2D eigenvalue weighted by Gasteiger charge is -2.06. The number of nitrogens with zero attached hydrogens (tertiary/aromatic N) is 2. The first-order valence-electron chi connectivity index (χ1n) is 4.91. The van der Waals surface area contributed by atoms with E-state index >= 15 is 0 Å². The fraction of sp³-hybridized carbons (Fsp3) is 0.0909. The summed E-state index contributed by atoms with van der Waals surface area (Å²) in [5.74, 6) is -0.366. The monoisotopic (exact) mass is 329 g/mol. The minimum atomic E-state index is -0.575. The van der Waals surface area contributed by atoms with Gasteiger partial charge < -0.3 is 10.5 Å². The lowest BCUT2D eigenvalue weighted by molar-refractivity contribution is 0.0596. The van der Waals surface area contributed by atoms with Gasteiger partial charge in [-0.3, -0.25) is 4.57 Å². The standard InChI is InChI=1S/C11H9BrClN3O2/c1-18-11(17)9-10(14)16(5-15-9)6-2-3-7(12)8(13)4-6/h2-5H,14H2,1H3. The summed E-state index contributed by atoms with van der Waals surface area (Å²) >= 11 is 9.30. The van der Waals surface area contributed by atoms with Gasteiger partial charge in [0.25, 0.3) is 0 Å². The predicted octanol–water partition coefficient (Wildman–Crippen LogP) is 2.66. The SMILES string of the molecule is COC(=O)c1ncn(-c2ccc(Br)c(Cl)c2)c1N. The summed E-state index contributed by atoms with van der Waals surface area (Å²) in [5, 5.41) is 0.542. The molecule has 7 heteroatoms. The largest absolute Gasteiger partial charge is 0.464 e. The van der Waals surface area contributed by atoms with Crippen LogP contribution in [0.4, 0.5) is 5.82 Å². The number of carbonyl (C=O) groups is 1. The minimum absolute atomic E-state index is 0.0801. The Morgan fingerprint density at radius 1 is 1.56 bits per heavy atom. The van der Waals surface area contributed by atoms with Gasteiger partial charge in [0, 0.05) is 4.47 Å². The molecule has 0 bridgehead atoms. The predicted molar refractivity (Wildman–Crippen MR) is 72.0 cm³/mol. The van der Waals surface area contributed by atoms with Gasteiger partial charge in [0.1, 0.15) is 12.1 Å². The number of imidazole rings is 1. The Hall–Kier alpha value is -1.53. The van der Waals surface area contributed by atoms with Gasteiger partial charge in [-0.15, -0.1) is 0 Å². The molecule has 0 spiro atoms. The Morgan fingerprint density at radius 2 is 2.28 bits per heavy atom. The van der Waals surface area contributed by atoms with E-state index in [9.17, 15) is 4.79 Å². The van der Waals surface area contributed by atoms with E-state index in [2.05, 4.69) is 25.7 Å². The first-order chi connectivity index (χ1) is 8.54. The van der Waals surface area contributed by atoms with Crippen LogP contribution in [0.5, 0.6) is 0 Å². The number of rotatable bonds is 2. The van der Waals surface area contributed by atoms with E-state index in [0.717, 1.165) is 4.47 Å². The molecule has 0 aliphatic heterocycles. The van der Waals surface area contributed by atoms with Gasteiger partial charge in [0.15, 0.2) is 5.69 Å². The van der Waals surface area contributed by atoms with Crippen molar-refractivity contribution in [2.45, 2.75) is 0 Å². The van der Waals surface area contributed by atoms with Crippen LogP contribution in [0.1, 0.15) is 10.5 Å². The molecule has 0 amide bonds. The zero-order chi connectivity index (χ0) is 13.3. The smallest absolute Gasteiger partial charge is 0.360 e. The van der Waals surface area contributed by atoms with Crippen LogP contribution in [0.15, 0.2) is 29.0 Å². The van der Waals surface area contributed by atoms with Gasteiger partial charge in [0.2, 0.25) is 0 Å². The molecule has 2 rings (SSSR count). The molecule has 0 radical (unpaired) electrons. The quantitative estimate of drug-likeness (QED) is 0.859. The number of anilines is 1. The highest BCUT2D eigenvalue weighted by Gasteiger charge is 2.17. The summed E-state index contributed by atoms with van der Waals surface area (Å²) < 4.78 is 6.92. The van der Waals surface area contributed by atoms with E-state index in [-0.39, 0.29) is 11.5 Å². The number of nitrogen functional groups attached to an aromatic ring is 1. The number of nitrogens with two attached hydrogens (primary N) is 1. The Kier molecular flexibility index (Phi) is 3.58. The lowest BCUT2D eigenvalue weighted by atomic mass is 10.3. The highest BCUT2D eigenvalue weighted by Crippen LogP contribution is 2.26. The van der Waals surface area contributed by atoms with Crippen LogP contribution in [0.25, 0.3) is 5.69 Å². The Morgan fingerprint density at radius 3 is 2.89 bits per heavy atom. The first kappa shape index (κ1) is 12.9. The average molecular weight is 331 g/mol. The molecule has 0 aliphatic carbocycles. The van der Waals surface area contributed by atoms with Crippen molar-refractivity contribution in [2.75, 3.05) is 12.8 Å². The van der Waals surface area contributed by atoms with E-state index in [1.165, 1.54) is 13.4 Å². The van der Waals surface area contributed by atoms with Crippen molar-refractivity contribution in [2.24, 2.45) is 0 Å². The van der Waals surface area contributed by atoms with Crippen LogP contribution < -0.4 is 5.73 Å². The number of methoxy groups -OCH3 is 1. The summed E-state index contributed by atoms with van der Waals surface area (Å²) in [6.07, 6.45) is 1.45. The highest BCUT2D eigenvalue weighted by atomic mass is 79.9. The molecule has 0 unspecified atom stereocenters. The maximum atomic E-state index is 11.4. The Labute approximate surface area is 117 Å². The van der Waals surface area contributed by atoms with Crippen LogP contribution in [-0.2, 0) is 4.74 Å². The molecule has 1 aromatic heterocycles. The topological polar surface area (TPSA) is 70.1 Å². The van der Waals surface area contributed by atoms with Crippen molar-refractivity contribution in [3.05, 3.63) is 39.7 Å². The Balaban J connectivity index is 2.48. The van der Waals surface area contributed by atoms with E-state index < -0.39 is 5.97 Å². The van der Waals surface area contributed by atoms with Crippen molar-refractivity contribution >= 4 is 39.3 Å².